The Kier molecular flexibility index (Phi) is 3.12. The molecule has 1 aliphatic heterocycles. The van der Waals surface area contributed by atoms with Gasteiger partial charge in [0.2, 0.25) is 0 Å². The van der Waals surface area contributed by atoms with Gasteiger partial charge >= 0.3 is 0 Å². The summed E-state index contributed by atoms with van der Waals surface area (Å²) in [5.41, 5.74) is 2.76. The fourth-order valence-corrected chi connectivity index (χ4v) is 2.83. The molecular weight excluding hydrogens is 264 g/mol. The maximum absolute atomic E-state index is 5.96. The minimum atomic E-state index is 0.00820. The molecule has 4 rings (SSSR count). The van der Waals surface area contributed by atoms with E-state index in [4.69, 9.17) is 9.72 Å². The quantitative estimate of drug-likeness (QED) is 0.723. The second kappa shape index (κ2) is 5.26. The largest absolute Gasteiger partial charge is 0.358 e. The summed E-state index contributed by atoms with van der Waals surface area (Å²) in [6.45, 7) is 0.795. The topological polar surface area (TPSA) is 52.8 Å². The van der Waals surface area contributed by atoms with Crippen molar-refractivity contribution in [2.45, 2.75) is 25.5 Å². The van der Waals surface area contributed by atoms with Crippen molar-refractivity contribution in [1.29, 1.82) is 0 Å². The molecule has 0 spiro atoms. The standard InChI is InChI=1S/C16H16N4O/c1-2-10-21-14(7-1)20-15(12-5-3-8-17-11-12)19-13-6-4-9-18-16(13)20/h3-6,8-9,11,14H,1-2,7,10H2. The predicted octanol–water partition coefficient (Wildman–Crippen LogP) is 3.19. The molecule has 1 aliphatic rings. The average Bonchev–Trinajstić information content (AvgIpc) is 2.96. The van der Waals surface area contributed by atoms with Crippen molar-refractivity contribution < 1.29 is 4.74 Å². The van der Waals surface area contributed by atoms with Gasteiger partial charge in [-0.05, 0) is 43.5 Å². The highest BCUT2D eigenvalue weighted by molar-refractivity contribution is 5.77. The maximum Gasteiger partial charge on any atom is 0.162 e. The molecule has 0 amide bonds. The van der Waals surface area contributed by atoms with Gasteiger partial charge in [0.15, 0.2) is 5.65 Å². The molecule has 106 valence electrons. The van der Waals surface area contributed by atoms with Gasteiger partial charge in [0, 0.05) is 30.8 Å². The number of hydrogen-bond acceptors (Lipinski definition) is 4. The average molecular weight is 280 g/mol. The van der Waals surface area contributed by atoms with Crippen molar-refractivity contribution in [1.82, 2.24) is 19.5 Å². The first-order valence-electron chi connectivity index (χ1n) is 7.28. The second-order valence-corrected chi connectivity index (χ2v) is 5.21. The Balaban J connectivity index is 1.92. The lowest BCUT2D eigenvalue weighted by atomic mass is 10.2. The van der Waals surface area contributed by atoms with Crippen molar-refractivity contribution in [2.75, 3.05) is 6.61 Å². The Labute approximate surface area is 122 Å². The number of rotatable bonds is 2. The SMILES string of the molecule is c1cncc(-c2nc3cccnc3n2C2CCCCO2)c1. The highest BCUT2D eigenvalue weighted by Crippen LogP contribution is 2.31. The second-order valence-electron chi connectivity index (χ2n) is 5.21. The molecule has 1 fully saturated rings. The number of ether oxygens (including phenoxy) is 1. The predicted molar refractivity (Wildman–Crippen MR) is 79.6 cm³/mol. The van der Waals surface area contributed by atoms with Gasteiger partial charge in [-0.2, -0.15) is 0 Å². The van der Waals surface area contributed by atoms with E-state index in [0.29, 0.717) is 0 Å². The monoisotopic (exact) mass is 280 g/mol. The molecule has 5 heteroatoms. The van der Waals surface area contributed by atoms with Crippen molar-refractivity contribution in [2.24, 2.45) is 0 Å². The van der Waals surface area contributed by atoms with Crippen LogP contribution < -0.4 is 0 Å². The highest BCUT2D eigenvalue weighted by Gasteiger charge is 2.23. The highest BCUT2D eigenvalue weighted by atomic mass is 16.5. The summed E-state index contributed by atoms with van der Waals surface area (Å²) in [6, 6.07) is 7.84. The van der Waals surface area contributed by atoms with E-state index in [1.807, 2.05) is 30.5 Å². The summed E-state index contributed by atoms with van der Waals surface area (Å²) in [6.07, 6.45) is 8.70. The van der Waals surface area contributed by atoms with Crippen LogP contribution in [0.3, 0.4) is 0 Å². The van der Waals surface area contributed by atoms with Crippen molar-refractivity contribution >= 4 is 11.2 Å². The Morgan fingerprint density at radius 2 is 2.10 bits per heavy atom. The van der Waals surface area contributed by atoms with E-state index < -0.39 is 0 Å². The normalized spacial score (nSPS) is 19.0. The number of pyridine rings is 2. The molecule has 1 atom stereocenters. The van der Waals surface area contributed by atoms with E-state index in [1.165, 1.54) is 6.42 Å². The van der Waals surface area contributed by atoms with Gasteiger partial charge in [0.25, 0.3) is 0 Å². The molecular formula is C16H16N4O. The van der Waals surface area contributed by atoms with Crippen LogP contribution in [-0.4, -0.2) is 26.1 Å². The Morgan fingerprint density at radius 1 is 1.14 bits per heavy atom. The van der Waals surface area contributed by atoms with Crippen LogP contribution in [-0.2, 0) is 4.74 Å². The zero-order chi connectivity index (χ0) is 14.1. The summed E-state index contributed by atoms with van der Waals surface area (Å²) < 4.78 is 8.07. The molecule has 1 unspecified atom stereocenters. The summed E-state index contributed by atoms with van der Waals surface area (Å²) in [7, 11) is 0. The molecule has 0 bridgehead atoms. The number of hydrogen-bond donors (Lipinski definition) is 0. The zero-order valence-electron chi connectivity index (χ0n) is 11.6. The molecule has 0 saturated carbocycles. The van der Waals surface area contributed by atoms with Crippen LogP contribution in [0, 0.1) is 0 Å². The number of nitrogens with zero attached hydrogens (tertiary/aromatic N) is 4. The molecule has 3 aromatic rings. The van der Waals surface area contributed by atoms with Gasteiger partial charge in [0.05, 0.1) is 0 Å². The zero-order valence-corrected chi connectivity index (χ0v) is 11.6. The summed E-state index contributed by atoms with van der Waals surface area (Å²) in [5.74, 6) is 0.878. The van der Waals surface area contributed by atoms with Gasteiger partial charge in [-0.25, -0.2) is 9.97 Å². The summed E-state index contributed by atoms with van der Waals surface area (Å²) in [4.78, 5) is 13.4. The van der Waals surface area contributed by atoms with Crippen LogP contribution in [0.4, 0.5) is 0 Å². The smallest absolute Gasteiger partial charge is 0.162 e. The van der Waals surface area contributed by atoms with E-state index in [1.54, 1.807) is 12.4 Å². The molecule has 0 aromatic carbocycles. The first-order valence-corrected chi connectivity index (χ1v) is 7.28. The van der Waals surface area contributed by atoms with Gasteiger partial charge in [-0.3, -0.25) is 9.55 Å². The molecule has 3 aromatic heterocycles. The van der Waals surface area contributed by atoms with Crippen molar-refractivity contribution in [3.8, 4) is 11.4 Å². The summed E-state index contributed by atoms with van der Waals surface area (Å²) >= 11 is 0. The van der Waals surface area contributed by atoms with E-state index in [9.17, 15) is 0 Å². The fourth-order valence-electron chi connectivity index (χ4n) is 2.83. The molecule has 5 nitrogen and oxygen atoms in total. The van der Waals surface area contributed by atoms with E-state index in [2.05, 4.69) is 14.5 Å². The number of imidazole rings is 1. The van der Waals surface area contributed by atoms with Crippen LogP contribution in [0.1, 0.15) is 25.5 Å². The fraction of sp³-hybridized carbons (Fsp3) is 0.312. The molecule has 21 heavy (non-hydrogen) atoms. The minimum absolute atomic E-state index is 0.00820. The Hall–Kier alpha value is -2.27. The van der Waals surface area contributed by atoms with E-state index in [0.717, 1.165) is 42.0 Å². The Bertz CT molecular complexity index is 747. The molecule has 0 N–H and O–H groups in total. The third kappa shape index (κ3) is 2.19. The van der Waals surface area contributed by atoms with Crippen LogP contribution in [0.25, 0.3) is 22.6 Å². The minimum Gasteiger partial charge on any atom is -0.358 e. The molecule has 4 heterocycles. The lowest BCUT2D eigenvalue weighted by Gasteiger charge is -2.25. The maximum atomic E-state index is 5.96. The third-order valence-corrected chi connectivity index (χ3v) is 3.81. The first kappa shape index (κ1) is 12.5. The van der Waals surface area contributed by atoms with Gasteiger partial charge in [-0.15, -0.1) is 0 Å². The van der Waals surface area contributed by atoms with Gasteiger partial charge < -0.3 is 4.74 Å². The number of fused-ring (bicyclic) bond motifs is 1. The van der Waals surface area contributed by atoms with Crippen LogP contribution in [0.5, 0.6) is 0 Å². The summed E-state index contributed by atoms with van der Waals surface area (Å²) in [5, 5.41) is 0. The first-order chi connectivity index (χ1) is 10.4. The van der Waals surface area contributed by atoms with Gasteiger partial charge in [0.1, 0.15) is 17.6 Å². The van der Waals surface area contributed by atoms with Crippen molar-refractivity contribution in [3.63, 3.8) is 0 Å². The Morgan fingerprint density at radius 3 is 2.90 bits per heavy atom. The number of aromatic nitrogens is 4. The van der Waals surface area contributed by atoms with Crippen molar-refractivity contribution in [3.05, 3.63) is 42.9 Å². The third-order valence-electron chi connectivity index (χ3n) is 3.81. The lowest BCUT2D eigenvalue weighted by molar-refractivity contribution is -0.0287. The molecule has 0 aliphatic carbocycles. The lowest BCUT2D eigenvalue weighted by Crippen LogP contribution is -2.19. The molecule has 1 saturated heterocycles. The van der Waals surface area contributed by atoms with Gasteiger partial charge in [-0.1, -0.05) is 0 Å². The van der Waals surface area contributed by atoms with Crippen LogP contribution >= 0.6 is 0 Å². The molecule has 0 radical (unpaired) electrons. The van der Waals surface area contributed by atoms with E-state index in [-0.39, 0.29) is 6.23 Å². The van der Waals surface area contributed by atoms with Crippen LogP contribution in [0.2, 0.25) is 0 Å². The van der Waals surface area contributed by atoms with Crippen LogP contribution in [0.15, 0.2) is 42.9 Å². The van der Waals surface area contributed by atoms with E-state index >= 15 is 0 Å².